The van der Waals surface area contributed by atoms with Crippen LogP contribution in [0.2, 0.25) is 0 Å². The van der Waals surface area contributed by atoms with Gasteiger partial charge in [0.25, 0.3) is 6.43 Å². The average molecular weight is 184 g/mol. The van der Waals surface area contributed by atoms with Crippen LogP contribution < -0.4 is 0 Å². The van der Waals surface area contributed by atoms with Gasteiger partial charge in [-0.2, -0.15) is 0 Å². The number of fused-ring (bicyclic) bond motifs is 1. The number of halogens is 2. The molecule has 0 N–H and O–H groups in total. The van der Waals surface area contributed by atoms with E-state index in [1.807, 2.05) is 0 Å². The lowest BCUT2D eigenvalue weighted by atomic mass is 10.3. The van der Waals surface area contributed by atoms with Crippen LogP contribution in [0.1, 0.15) is 12.1 Å². The molecule has 0 bridgehead atoms. The lowest BCUT2D eigenvalue weighted by Gasteiger charge is -1.97. The van der Waals surface area contributed by atoms with Crippen molar-refractivity contribution in [2.24, 2.45) is 0 Å². The summed E-state index contributed by atoms with van der Waals surface area (Å²) < 4.78 is 25.1. The minimum absolute atomic E-state index is 0.140. The number of thiophene rings is 1. The second kappa shape index (κ2) is 2.79. The van der Waals surface area contributed by atoms with Crippen LogP contribution in [0.4, 0.5) is 8.78 Å². The van der Waals surface area contributed by atoms with Crippen LogP contribution >= 0.6 is 11.3 Å². The fourth-order valence-corrected chi connectivity index (χ4v) is 1.86. The number of pyridine rings is 1. The van der Waals surface area contributed by atoms with Crippen LogP contribution in [0.3, 0.4) is 0 Å². The van der Waals surface area contributed by atoms with Crippen molar-refractivity contribution in [1.82, 2.24) is 4.98 Å². The monoisotopic (exact) mass is 184 g/mol. The van der Waals surface area contributed by atoms with Gasteiger partial charge in [-0.25, -0.2) is 8.78 Å². The molecule has 0 aliphatic rings. The van der Waals surface area contributed by atoms with E-state index in [9.17, 15) is 8.78 Å². The van der Waals surface area contributed by atoms with E-state index in [0.717, 1.165) is 0 Å². The maximum atomic E-state index is 12.3. The van der Waals surface area contributed by atoms with Crippen molar-refractivity contribution < 1.29 is 8.78 Å². The van der Waals surface area contributed by atoms with Crippen LogP contribution in [0.15, 0.2) is 17.6 Å². The quantitative estimate of drug-likeness (QED) is 0.663. The molecule has 2 heterocycles. The highest BCUT2D eigenvalue weighted by molar-refractivity contribution is 7.17. The van der Waals surface area contributed by atoms with E-state index in [4.69, 9.17) is 0 Å². The third kappa shape index (κ3) is 1.08. The van der Waals surface area contributed by atoms with Gasteiger partial charge in [0, 0.05) is 17.6 Å². The standard InChI is InChI=1S/C8H4F2NS/c9-8(10)6-7-5(1-3-11-6)2-4-12-7/h2-4,8H. The van der Waals surface area contributed by atoms with Crippen LogP contribution in [-0.2, 0) is 0 Å². The lowest BCUT2D eigenvalue weighted by molar-refractivity contribution is 0.148. The second-order valence-electron chi connectivity index (χ2n) is 2.25. The van der Waals surface area contributed by atoms with Gasteiger partial charge in [-0.3, -0.25) is 4.98 Å². The van der Waals surface area contributed by atoms with Crippen molar-refractivity contribution in [2.45, 2.75) is 6.43 Å². The molecule has 61 valence electrons. The molecule has 2 aromatic rings. The summed E-state index contributed by atoms with van der Waals surface area (Å²) in [6, 6.07) is 4.55. The number of rotatable bonds is 1. The number of hydrogen-bond acceptors (Lipinski definition) is 2. The summed E-state index contributed by atoms with van der Waals surface area (Å²) in [5.74, 6) is 0. The van der Waals surface area contributed by atoms with Crippen molar-refractivity contribution in [2.75, 3.05) is 0 Å². The van der Waals surface area contributed by atoms with Crippen molar-refractivity contribution in [3.63, 3.8) is 0 Å². The van der Waals surface area contributed by atoms with Gasteiger partial charge in [0.2, 0.25) is 0 Å². The Labute approximate surface area is 71.7 Å². The Bertz CT molecular complexity index is 397. The van der Waals surface area contributed by atoms with Crippen molar-refractivity contribution in [1.29, 1.82) is 0 Å². The Balaban J connectivity index is 2.73. The third-order valence-corrected chi connectivity index (χ3v) is 2.47. The molecule has 1 radical (unpaired) electrons. The molecule has 0 aliphatic heterocycles. The van der Waals surface area contributed by atoms with E-state index in [0.29, 0.717) is 10.1 Å². The molecule has 0 aliphatic carbocycles. The molecule has 0 saturated heterocycles. The van der Waals surface area contributed by atoms with Gasteiger partial charge in [0.05, 0.1) is 4.70 Å². The molecular weight excluding hydrogens is 180 g/mol. The van der Waals surface area contributed by atoms with E-state index < -0.39 is 6.43 Å². The zero-order chi connectivity index (χ0) is 8.55. The Morgan fingerprint density at radius 2 is 2.33 bits per heavy atom. The van der Waals surface area contributed by atoms with Gasteiger partial charge in [-0.1, -0.05) is 0 Å². The van der Waals surface area contributed by atoms with Crippen LogP contribution in [0.25, 0.3) is 10.1 Å². The van der Waals surface area contributed by atoms with Gasteiger partial charge in [-0.05, 0) is 11.4 Å². The number of nitrogens with zero attached hydrogens (tertiary/aromatic N) is 1. The minimum atomic E-state index is -2.50. The topological polar surface area (TPSA) is 12.9 Å². The normalized spacial score (nSPS) is 11.2. The van der Waals surface area contributed by atoms with Gasteiger partial charge in [0.15, 0.2) is 0 Å². The summed E-state index contributed by atoms with van der Waals surface area (Å²) in [7, 11) is 0. The van der Waals surface area contributed by atoms with Crippen molar-refractivity contribution in [3.05, 3.63) is 29.4 Å². The molecule has 0 spiro atoms. The predicted octanol–water partition coefficient (Wildman–Crippen LogP) is 3.03. The molecule has 0 atom stereocenters. The molecule has 0 fully saturated rings. The largest absolute Gasteiger partial charge is 0.281 e. The highest BCUT2D eigenvalue weighted by Crippen LogP contribution is 2.28. The lowest BCUT2D eigenvalue weighted by Crippen LogP contribution is -1.88. The summed E-state index contributed by atoms with van der Waals surface area (Å²) in [4.78, 5) is 3.58. The number of hydrogen-bond donors (Lipinski definition) is 0. The zero-order valence-electron chi connectivity index (χ0n) is 5.92. The maximum Gasteiger partial charge on any atom is 0.281 e. The summed E-state index contributed by atoms with van der Waals surface area (Å²) in [6.45, 7) is 0. The maximum absolute atomic E-state index is 12.3. The van der Waals surface area contributed by atoms with Crippen LogP contribution in [0, 0.1) is 6.07 Å². The van der Waals surface area contributed by atoms with E-state index in [-0.39, 0.29) is 5.69 Å². The molecule has 0 aromatic carbocycles. The van der Waals surface area contributed by atoms with E-state index >= 15 is 0 Å². The van der Waals surface area contributed by atoms with E-state index in [1.165, 1.54) is 17.5 Å². The SMILES string of the molecule is FC(F)c1nc[c]c2ccsc12. The molecule has 0 amide bonds. The molecule has 0 unspecified atom stereocenters. The molecule has 2 aromatic heterocycles. The Hall–Kier alpha value is -1.03. The fourth-order valence-electron chi connectivity index (χ4n) is 1.01. The van der Waals surface area contributed by atoms with Gasteiger partial charge in [-0.15, -0.1) is 11.3 Å². The first kappa shape index (κ1) is 7.61. The van der Waals surface area contributed by atoms with Crippen molar-refractivity contribution in [3.8, 4) is 0 Å². The molecule has 0 saturated carbocycles. The summed E-state index contributed by atoms with van der Waals surface area (Å²) in [6.07, 6.45) is -1.21. The number of alkyl halides is 2. The Morgan fingerprint density at radius 3 is 3.08 bits per heavy atom. The summed E-state index contributed by atoms with van der Waals surface area (Å²) in [5, 5.41) is 2.47. The smallest absolute Gasteiger partial charge is 0.253 e. The molecular formula is C8H4F2NS. The minimum Gasteiger partial charge on any atom is -0.253 e. The van der Waals surface area contributed by atoms with Gasteiger partial charge >= 0.3 is 0 Å². The third-order valence-electron chi connectivity index (χ3n) is 1.53. The first-order valence-electron chi connectivity index (χ1n) is 3.31. The molecule has 2 rings (SSSR count). The van der Waals surface area contributed by atoms with Crippen molar-refractivity contribution >= 4 is 21.4 Å². The Morgan fingerprint density at radius 1 is 1.50 bits per heavy atom. The average Bonchev–Trinajstić information content (AvgIpc) is 2.49. The second-order valence-corrected chi connectivity index (χ2v) is 3.17. The zero-order valence-corrected chi connectivity index (χ0v) is 6.74. The number of aromatic nitrogens is 1. The van der Waals surface area contributed by atoms with Gasteiger partial charge < -0.3 is 0 Å². The first-order valence-corrected chi connectivity index (χ1v) is 4.19. The first-order chi connectivity index (χ1) is 5.79. The van der Waals surface area contributed by atoms with E-state index in [1.54, 1.807) is 11.4 Å². The summed E-state index contributed by atoms with van der Waals surface area (Å²) >= 11 is 1.27. The molecule has 12 heavy (non-hydrogen) atoms. The Kier molecular flexibility index (Phi) is 1.77. The van der Waals surface area contributed by atoms with Crippen LogP contribution in [0.5, 0.6) is 0 Å². The van der Waals surface area contributed by atoms with E-state index in [2.05, 4.69) is 11.1 Å². The summed E-state index contributed by atoms with van der Waals surface area (Å²) in [5.41, 5.74) is -0.140. The highest BCUT2D eigenvalue weighted by atomic mass is 32.1. The molecule has 1 nitrogen and oxygen atoms in total. The molecule has 4 heteroatoms. The van der Waals surface area contributed by atoms with Gasteiger partial charge in [0.1, 0.15) is 5.69 Å². The highest BCUT2D eigenvalue weighted by Gasteiger charge is 2.13. The predicted molar refractivity (Wildman–Crippen MR) is 43.4 cm³/mol. The fraction of sp³-hybridized carbons (Fsp3) is 0.125. The van der Waals surface area contributed by atoms with Crippen LogP contribution in [-0.4, -0.2) is 4.98 Å².